The fourth-order valence-electron chi connectivity index (χ4n) is 2.04. The molecule has 2 rings (SSSR count). The van der Waals surface area contributed by atoms with Crippen molar-refractivity contribution in [3.63, 3.8) is 0 Å². The zero-order valence-electron chi connectivity index (χ0n) is 11.4. The van der Waals surface area contributed by atoms with Crippen LogP contribution in [-0.4, -0.2) is 14.5 Å². The zero-order chi connectivity index (χ0) is 15.6. The lowest BCUT2D eigenvalue weighted by atomic mass is 10.1. The summed E-state index contributed by atoms with van der Waals surface area (Å²) in [6.07, 6.45) is 1.95. The van der Waals surface area contributed by atoms with Crippen LogP contribution in [0.2, 0.25) is 0 Å². The Hall–Kier alpha value is -2.28. The summed E-state index contributed by atoms with van der Waals surface area (Å²) >= 11 is 4.92. The van der Waals surface area contributed by atoms with Crippen molar-refractivity contribution in [3.05, 3.63) is 67.7 Å². The minimum absolute atomic E-state index is 0.0764. The highest BCUT2D eigenvalue weighted by Crippen LogP contribution is 2.12. The van der Waals surface area contributed by atoms with E-state index in [2.05, 4.69) is 4.98 Å². The van der Waals surface area contributed by atoms with Crippen molar-refractivity contribution in [3.8, 4) is 0 Å². The van der Waals surface area contributed by atoms with Gasteiger partial charge in [0.25, 0.3) is 5.56 Å². The molecule has 1 aromatic carbocycles. The summed E-state index contributed by atoms with van der Waals surface area (Å²) in [5.41, 5.74) is 6.09. The van der Waals surface area contributed by atoms with Gasteiger partial charge in [-0.05, 0) is 30.2 Å². The SMILES string of the molecule is CCc1cn(Cc2cc(F)ccc2C(N)=S)c(=O)[nH]c1=O. The molecule has 0 unspecified atom stereocenters. The maximum Gasteiger partial charge on any atom is 0.328 e. The van der Waals surface area contributed by atoms with Crippen LogP contribution < -0.4 is 17.0 Å². The first kappa shape index (κ1) is 15.1. The van der Waals surface area contributed by atoms with Crippen LogP contribution in [0.3, 0.4) is 0 Å². The monoisotopic (exact) mass is 307 g/mol. The molecule has 110 valence electrons. The number of nitrogens with zero attached hydrogens (tertiary/aromatic N) is 1. The molecule has 0 bridgehead atoms. The minimum atomic E-state index is -0.560. The summed E-state index contributed by atoms with van der Waals surface area (Å²) in [4.78, 5) is 25.7. The maximum atomic E-state index is 13.4. The van der Waals surface area contributed by atoms with Crippen LogP contribution in [0.4, 0.5) is 4.39 Å². The summed E-state index contributed by atoms with van der Waals surface area (Å²) in [5.74, 6) is -0.446. The molecule has 0 amide bonds. The maximum absolute atomic E-state index is 13.4. The first-order valence-corrected chi connectivity index (χ1v) is 6.74. The lowest BCUT2D eigenvalue weighted by molar-refractivity contribution is 0.621. The van der Waals surface area contributed by atoms with Crippen LogP contribution in [0.5, 0.6) is 0 Å². The minimum Gasteiger partial charge on any atom is -0.389 e. The van der Waals surface area contributed by atoms with Gasteiger partial charge in [0.15, 0.2) is 0 Å². The molecule has 7 heteroatoms. The number of benzene rings is 1. The van der Waals surface area contributed by atoms with Gasteiger partial charge in [-0.2, -0.15) is 0 Å². The highest BCUT2D eigenvalue weighted by Gasteiger charge is 2.10. The molecule has 2 aromatic rings. The topological polar surface area (TPSA) is 80.9 Å². The van der Waals surface area contributed by atoms with Gasteiger partial charge in [-0.25, -0.2) is 9.18 Å². The number of hydrogen-bond acceptors (Lipinski definition) is 3. The van der Waals surface area contributed by atoms with Crippen LogP contribution in [-0.2, 0) is 13.0 Å². The van der Waals surface area contributed by atoms with Crippen LogP contribution in [0.1, 0.15) is 23.6 Å². The standard InChI is InChI=1S/C14H14FN3O2S/c1-2-8-6-18(14(20)17-13(8)19)7-9-5-10(15)3-4-11(9)12(16)21/h3-6H,2,7H2,1H3,(H2,16,21)(H,17,19,20). The summed E-state index contributed by atoms with van der Waals surface area (Å²) in [5, 5.41) is 0. The van der Waals surface area contributed by atoms with Gasteiger partial charge < -0.3 is 5.73 Å². The number of nitrogens with one attached hydrogen (secondary N) is 1. The largest absolute Gasteiger partial charge is 0.389 e. The van der Waals surface area contributed by atoms with Crippen molar-refractivity contribution in [1.82, 2.24) is 9.55 Å². The molecular weight excluding hydrogens is 293 g/mol. The number of aromatic amines is 1. The summed E-state index contributed by atoms with van der Waals surface area (Å²) < 4.78 is 14.7. The fraction of sp³-hybridized carbons (Fsp3) is 0.214. The number of aromatic nitrogens is 2. The average molecular weight is 307 g/mol. The Balaban J connectivity index is 2.52. The summed E-state index contributed by atoms with van der Waals surface area (Å²) in [6, 6.07) is 4.01. The molecule has 1 aromatic heterocycles. The van der Waals surface area contributed by atoms with Gasteiger partial charge in [0.05, 0.1) is 6.54 Å². The Bertz CT molecular complexity index is 811. The van der Waals surface area contributed by atoms with Gasteiger partial charge >= 0.3 is 5.69 Å². The highest BCUT2D eigenvalue weighted by molar-refractivity contribution is 7.80. The predicted molar refractivity (Wildman–Crippen MR) is 82.1 cm³/mol. The third kappa shape index (κ3) is 3.25. The molecule has 0 aliphatic carbocycles. The normalized spacial score (nSPS) is 10.6. The van der Waals surface area contributed by atoms with E-state index in [1.165, 1.54) is 29.0 Å². The number of hydrogen-bond donors (Lipinski definition) is 2. The van der Waals surface area contributed by atoms with Crippen molar-refractivity contribution in [2.45, 2.75) is 19.9 Å². The van der Waals surface area contributed by atoms with Gasteiger partial charge in [0, 0.05) is 17.3 Å². The second kappa shape index (κ2) is 6.01. The fourth-order valence-corrected chi connectivity index (χ4v) is 2.24. The average Bonchev–Trinajstić information content (AvgIpc) is 2.41. The van der Waals surface area contributed by atoms with Crippen molar-refractivity contribution < 1.29 is 4.39 Å². The first-order valence-electron chi connectivity index (χ1n) is 6.33. The molecule has 5 nitrogen and oxygen atoms in total. The number of halogens is 1. The smallest absolute Gasteiger partial charge is 0.328 e. The van der Waals surface area contributed by atoms with E-state index in [1.807, 2.05) is 6.92 Å². The predicted octanol–water partition coefficient (Wildman–Crippen LogP) is 0.921. The number of aryl methyl sites for hydroxylation is 1. The third-order valence-electron chi connectivity index (χ3n) is 3.14. The molecule has 0 saturated heterocycles. The second-order valence-corrected chi connectivity index (χ2v) is 5.00. The van der Waals surface area contributed by atoms with E-state index >= 15 is 0 Å². The molecule has 3 N–H and O–H groups in total. The Morgan fingerprint density at radius 1 is 1.38 bits per heavy atom. The molecule has 0 fully saturated rings. The van der Waals surface area contributed by atoms with Gasteiger partial charge in [-0.3, -0.25) is 14.3 Å². The van der Waals surface area contributed by atoms with Crippen molar-refractivity contribution in [2.75, 3.05) is 0 Å². The Morgan fingerprint density at radius 3 is 2.71 bits per heavy atom. The van der Waals surface area contributed by atoms with E-state index in [0.717, 1.165) is 0 Å². The summed E-state index contributed by atoms with van der Waals surface area (Å²) in [7, 11) is 0. The molecule has 0 radical (unpaired) electrons. The summed E-state index contributed by atoms with van der Waals surface area (Å²) in [6.45, 7) is 1.88. The van der Waals surface area contributed by atoms with Crippen LogP contribution in [0.25, 0.3) is 0 Å². The van der Waals surface area contributed by atoms with Crippen LogP contribution >= 0.6 is 12.2 Å². The van der Waals surface area contributed by atoms with Crippen molar-refractivity contribution in [2.24, 2.45) is 5.73 Å². The Kier molecular flexibility index (Phi) is 4.32. The second-order valence-electron chi connectivity index (χ2n) is 4.56. The van der Waals surface area contributed by atoms with E-state index < -0.39 is 17.1 Å². The van der Waals surface area contributed by atoms with E-state index in [4.69, 9.17) is 18.0 Å². The molecule has 21 heavy (non-hydrogen) atoms. The van der Waals surface area contributed by atoms with Gasteiger partial charge in [-0.15, -0.1) is 0 Å². The first-order chi connectivity index (χ1) is 9.92. The van der Waals surface area contributed by atoms with Crippen LogP contribution in [0.15, 0.2) is 34.0 Å². The van der Waals surface area contributed by atoms with Gasteiger partial charge in [0.1, 0.15) is 10.8 Å². The lowest BCUT2D eigenvalue weighted by Crippen LogP contribution is -2.32. The van der Waals surface area contributed by atoms with Gasteiger partial charge in [0.2, 0.25) is 0 Å². The quantitative estimate of drug-likeness (QED) is 0.823. The van der Waals surface area contributed by atoms with E-state index in [9.17, 15) is 14.0 Å². The molecular formula is C14H14FN3O2S. The molecule has 0 aliphatic rings. The number of rotatable bonds is 4. The molecule has 0 saturated carbocycles. The lowest BCUT2D eigenvalue weighted by Gasteiger charge is -2.11. The highest BCUT2D eigenvalue weighted by atomic mass is 32.1. The number of H-pyrrole nitrogens is 1. The molecule has 0 aliphatic heterocycles. The van der Waals surface area contributed by atoms with E-state index in [1.54, 1.807) is 0 Å². The Labute approximate surface area is 125 Å². The molecule has 0 spiro atoms. The third-order valence-corrected chi connectivity index (χ3v) is 3.36. The van der Waals surface area contributed by atoms with Crippen molar-refractivity contribution >= 4 is 17.2 Å². The van der Waals surface area contributed by atoms with E-state index in [-0.39, 0.29) is 11.5 Å². The Morgan fingerprint density at radius 2 is 2.10 bits per heavy atom. The zero-order valence-corrected chi connectivity index (χ0v) is 12.2. The van der Waals surface area contributed by atoms with E-state index in [0.29, 0.717) is 23.1 Å². The van der Waals surface area contributed by atoms with Gasteiger partial charge in [-0.1, -0.05) is 19.1 Å². The van der Waals surface area contributed by atoms with Crippen LogP contribution in [0, 0.1) is 5.82 Å². The number of thiocarbonyl (C=S) groups is 1. The molecule has 1 heterocycles. The van der Waals surface area contributed by atoms with Crippen molar-refractivity contribution in [1.29, 1.82) is 0 Å². The molecule has 0 atom stereocenters. The number of nitrogens with two attached hydrogens (primary N) is 1.